The van der Waals surface area contributed by atoms with Gasteiger partial charge in [0.2, 0.25) is 0 Å². The summed E-state index contributed by atoms with van der Waals surface area (Å²) in [7, 11) is 0. The molecule has 4 heteroatoms. The molecule has 78 valence electrons. The fourth-order valence-corrected chi connectivity index (χ4v) is 1.37. The van der Waals surface area contributed by atoms with Crippen LogP contribution in [0, 0.1) is 5.53 Å². The summed E-state index contributed by atoms with van der Waals surface area (Å²) < 4.78 is 0. The van der Waals surface area contributed by atoms with Crippen molar-refractivity contribution >= 4 is 11.7 Å². The lowest BCUT2D eigenvalue weighted by Gasteiger charge is -2.06. The van der Waals surface area contributed by atoms with Gasteiger partial charge in [-0.1, -0.05) is 37.3 Å². The summed E-state index contributed by atoms with van der Waals surface area (Å²) in [5, 5.41) is 8.72. The van der Waals surface area contributed by atoms with E-state index in [1.54, 1.807) is 0 Å². The number of benzene rings is 1. The maximum atomic E-state index is 10.6. The van der Waals surface area contributed by atoms with E-state index in [1.807, 2.05) is 37.3 Å². The van der Waals surface area contributed by atoms with Crippen LogP contribution >= 0.6 is 0 Å². The molecule has 1 atom stereocenters. The number of hydrogen-bond acceptors (Lipinski definition) is 2. The molecule has 0 heterocycles. The highest BCUT2D eigenvalue weighted by atomic mass is 16.4. The largest absolute Gasteiger partial charge is 0.473 e. The lowest BCUT2D eigenvalue weighted by Crippen LogP contribution is -2.16. The SMILES string of the molecule is CC(CC(=[N+]=N)C(=O)O)c1ccccc1. The predicted octanol–water partition coefficient (Wildman–Crippen LogP) is 1.94. The normalized spacial score (nSPS) is 11.5. The van der Waals surface area contributed by atoms with Crippen LogP contribution in [0.2, 0.25) is 0 Å². The molecule has 2 N–H and O–H groups in total. The average Bonchev–Trinajstić information content (AvgIpc) is 2.26. The van der Waals surface area contributed by atoms with Gasteiger partial charge in [-0.3, -0.25) is 0 Å². The van der Waals surface area contributed by atoms with Gasteiger partial charge in [0.1, 0.15) is 0 Å². The number of nitrogens with one attached hydrogen (secondary N) is 1. The zero-order valence-corrected chi connectivity index (χ0v) is 8.47. The molecule has 0 fully saturated rings. The monoisotopic (exact) mass is 205 g/mol. The van der Waals surface area contributed by atoms with Gasteiger partial charge in [0.15, 0.2) is 0 Å². The Kier molecular flexibility index (Phi) is 3.77. The van der Waals surface area contributed by atoms with Crippen LogP contribution < -0.4 is 0 Å². The quantitative estimate of drug-likeness (QED) is 0.447. The van der Waals surface area contributed by atoms with Crippen molar-refractivity contribution < 1.29 is 14.7 Å². The Hall–Kier alpha value is -1.93. The molecule has 0 aliphatic rings. The van der Waals surface area contributed by atoms with E-state index in [4.69, 9.17) is 10.6 Å². The number of carboxylic acids is 1. The summed E-state index contributed by atoms with van der Waals surface area (Å²) in [6, 6.07) is 9.60. The van der Waals surface area contributed by atoms with Gasteiger partial charge >= 0.3 is 11.7 Å². The van der Waals surface area contributed by atoms with Crippen LogP contribution in [0.15, 0.2) is 30.3 Å². The molecule has 0 amide bonds. The Morgan fingerprint density at radius 2 is 2.07 bits per heavy atom. The first-order valence-corrected chi connectivity index (χ1v) is 4.66. The van der Waals surface area contributed by atoms with Gasteiger partial charge in [-0.15, -0.1) is 0 Å². The van der Waals surface area contributed by atoms with E-state index >= 15 is 0 Å². The van der Waals surface area contributed by atoms with Crippen LogP contribution in [-0.4, -0.2) is 21.6 Å². The average molecular weight is 205 g/mol. The van der Waals surface area contributed by atoms with E-state index < -0.39 is 5.97 Å². The second-order valence-electron chi connectivity index (χ2n) is 3.38. The Bertz CT molecular complexity index is 394. The Morgan fingerprint density at radius 1 is 1.47 bits per heavy atom. The zero-order chi connectivity index (χ0) is 11.3. The molecular formula is C11H13N2O2+. The summed E-state index contributed by atoms with van der Waals surface area (Å²) in [5.41, 5.74) is 7.70. The van der Waals surface area contributed by atoms with Crippen LogP contribution in [0.4, 0.5) is 0 Å². The highest BCUT2D eigenvalue weighted by Gasteiger charge is 2.24. The van der Waals surface area contributed by atoms with Gasteiger partial charge in [0.05, 0.1) is 16.7 Å². The van der Waals surface area contributed by atoms with Crippen molar-refractivity contribution in [2.45, 2.75) is 19.3 Å². The fraction of sp³-hybridized carbons (Fsp3) is 0.273. The number of aliphatic carboxylic acids is 1. The molecule has 0 aliphatic heterocycles. The molecule has 0 bridgehead atoms. The minimum Gasteiger partial charge on any atom is -0.473 e. The summed E-state index contributed by atoms with van der Waals surface area (Å²) in [5.74, 6) is -1.06. The van der Waals surface area contributed by atoms with Crippen LogP contribution in [0.1, 0.15) is 24.8 Å². The lowest BCUT2D eigenvalue weighted by atomic mass is 9.95. The van der Waals surface area contributed by atoms with E-state index in [0.717, 1.165) is 5.56 Å². The highest BCUT2D eigenvalue weighted by molar-refractivity contribution is 6.33. The first-order valence-electron chi connectivity index (χ1n) is 4.66. The molecule has 4 nitrogen and oxygen atoms in total. The van der Waals surface area contributed by atoms with Gasteiger partial charge in [0.25, 0.3) is 0 Å². The van der Waals surface area contributed by atoms with Crippen molar-refractivity contribution in [1.82, 2.24) is 0 Å². The van der Waals surface area contributed by atoms with E-state index in [2.05, 4.69) is 4.79 Å². The molecule has 1 rings (SSSR count). The molecule has 0 radical (unpaired) electrons. The zero-order valence-electron chi connectivity index (χ0n) is 8.47. The molecule has 0 saturated heterocycles. The first-order chi connectivity index (χ1) is 7.15. The number of carbonyl (C=O) groups is 1. The van der Waals surface area contributed by atoms with Gasteiger partial charge in [-0.25, -0.2) is 4.79 Å². The van der Waals surface area contributed by atoms with E-state index in [0.29, 0.717) is 0 Å². The van der Waals surface area contributed by atoms with Crippen LogP contribution in [0.5, 0.6) is 0 Å². The van der Waals surface area contributed by atoms with Gasteiger partial charge < -0.3 is 5.11 Å². The minimum absolute atomic E-state index is 0.0615. The van der Waals surface area contributed by atoms with Crippen molar-refractivity contribution in [1.29, 1.82) is 5.53 Å². The maximum absolute atomic E-state index is 10.6. The van der Waals surface area contributed by atoms with Crippen LogP contribution in [0.3, 0.4) is 0 Å². The smallest absolute Gasteiger partial charge is 0.425 e. The lowest BCUT2D eigenvalue weighted by molar-refractivity contribution is -0.149. The van der Waals surface area contributed by atoms with Gasteiger partial charge in [0, 0.05) is 0 Å². The summed E-state index contributed by atoms with van der Waals surface area (Å²) >= 11 is 0. The van der Waals surface area contributed by atoms with Gasteiger partial charge in [-0.05, 0) is 11.5 Å². The first kappa shape index (κ1) is 11.1. The number of carboxylic acid groups (broad SMARTS) is 1. The van der Waals surface area contributed by atoms with Crippen LogP contribution in [-0.2, 0) is 4.79 Å². The predicted molar refractivity (Wildman–Crippen MR) is 55.1 cm³/mol. The Labute approximate surface area is 87.8 Å². The van der Waals surface area contributed by atoms with E-state index in [1.165, 1.54) is 0 Å². The summed E-state index contributed by atoms with van der Waals surface area (Å²) in [6.45, 7) is 1.92. The third-order valence-corrected chi connectivity index (χ3v) is 2.25. The fourth-order valence-electron chi connectivity index (χ4n) is 1.37. The minimum atomic E-state index is -1.12. The molecule has 0 aliphatic carbocycles. The number of hydrogen-bond donors (Lipinski definition) is 2. The van der Waals surface area contributed by atoms with Crippen molar-refractivity contribution in [3.63, 3.8) is 0 Å². The van der Waals surface area contributed by atoms with Crippen molar-refractivity contribution in [2.75, 3.05) is 0 Å². The van der Waals surface area contributed by atoms with E-state index in [9.17, 15) is 4.79 Å². The summed E-state index contributed by atoms with van der Waals surface area (Å²) in [6.07, 6.45) is 0.281. The Morgan fingerprint density at radius 3 is 2.53 bits per heavy atom. The molecular weight excluding hydrogens is 192 g/mol. The molecule has 1 aromatic carbocycles. The van der Waals surface area contributed by atoms with Crippen molar-refractivity contribution in [3.05, 3.63) is 35.9 Å². The Balaban J connectivity index is 2.76. The third-order valence-electron chi connectivity index (χ3n) is 2.25. The second-order valence-corrected chi connectivity index (χ2v) is 3.38. The van der Waals surface area contributed by atoms with Crippen LogP contribution in [0.25, 0.3) is 0 Å². The molecule has 15 heavy (non-hydrogen) atoms. The summed E-state index contributed by atoms with van der Waals surface area (Å²) in [4.78, 5) is 13.7. The highest BCUT2D eigenvalue weighted by Crippen LogP contribution is 2.18. The molecule has 0 saturated carbocycles. The molecule has 1 aromatic rings. The second kappa shape index (κ2) is 5.08. The van der Waals surface area contributed by atoms with E-state index in [-0.39, 0.29) is 18.1 Å². The molecule has 1 unspecified atom stereocenters. The topological polar surface area (TPSA) is 75.2 Å². The number of rotatable bonds is 4. The third kappa shape index (κ3) is 3.04. The molecule has 0 spiro atoms. The van der Waals surface area contributed by atoms with Crippen molar-refractivity contribution in [2.24, 2.45) is 0 Å². The number of nitrogens with zero attached hydrogens (tertiary/aromatic N) is 1. The standard InChI is InChI=1S/C11H12N2O2/c1-8(7-10(13-12)11(14)15)9-5-3-2-4-6-9/h2-6,8,12H,7H2,1H3/p+1. The molecule has 0 aromatic heterocycles. The maximum Gasteiger partial charge on any atom is 0.425 e. The van der Waals surface area contributed by atoms with Gasteiger partial charge in [-0.2, -0.15) is 0 Å². The van der Waals surface area contributed by atoms with Crippen molar-refractivity contribution in [3.8, 4) is 0 Å².